The van der Waals surface area contributed by atoms with E-state index in [2.05, 4.69) is 24.4 Å². The van der Waals surface area contributed by atoms with E-state index in [-0.39, 0.29) is 5.91 Å². The highest BCUT2D eigenvalue weighted by Gasteiger charge is 2.43. The van der Waals surface area contributed by atoms with Gasteiger partial charge in [0.1, 0.15) is 24.4 Å². The SMILES string of the molecule is CCCCCCCCCCC/C=C\CCCCC(=O)N[C@@H]1OC(CO)[C@H](O)[C@H](O)C1O. The normalized spacial score (nSPS) is 26.4. The Kier molecular flexibility index (Phi) is 15.9. The summed E-state index contributed by atoms with van der Waals surface area (Å²) in [7, 11) is 0. The average Bonchev–Trinajstić information content (AvgIpc) is 2.76. The Balaban J connectivity index is 2.00. The Bertz CT molecular complexity index is 485. The summed E-state index contributed by atoms with van der Waals surface area (Å²) in [6, 6.07) is 0. The molecule has 182 valence electrons. The zero-order chi connectivity index (χ0) is 22.9. The molecule has 1 heterocycles. The smallest absolute Gasteiger partial charge is 0.222 e. The van der Waals surface area contributed by atoms with Crippen LogP contribution in [0.5, 0.6) is 0 Å². The zero-order valence-electron chi connectivity index (χ0n) is 19.3. The molecule has 2 unspecified atom stereocenters. The molecule has 0 saturated carbocycles. The van der Waals surface area contributed by atoms with E-state index in [1.54, 1.807) is 0 Å². The van der Waals surface area contributed by atoms with Gasteiger partial charge in [0.2, 0.25) is 5.91 Å². The average molecular weight is 444 g/mol. The summed E-state index contributed by atoms with van der Waals surface area (Å²) in [5.74, 6) is -0.289. The number of hydrogen-bond donors (Lipinski definition) is 5. The maximum Gasteiger partial charge on any atom is 0.222 e. The number of rotatable bonds is 17. The van der Waals surface area contributed by atoms with Gasteiger partial charge in [-0.15, -0.1) is 0 Å². The third-order valence-electron chi connectivity index (χ3n) is 5.86. The summed E-state index contributed by atoms with van der Waals surface area (Å²) in [5, 5.41) is 41.1. The van der Waals surface area contributed by atoms with Crippen molar-refractivity contribution in [1.29, 1.82) is 0 Å². The molecule has 0 aromatic rings. The van der Waals surface area contributed by atoms with Crippen molar-refractivity contribution in [2.45, 2.75) is 127 Å². The van der Waals surface area contributed by atoms with Crippen molar-refractivity contribution >= 4 is 5.91 Å². The van der Waals surface area contributed by atoms with E-state index < -0.39 is 37.3 Å². The summed E-state index contributed by atoms with van der Waals surface area (Å²) in [4.78, 5) is 12.0. The summed E-state index contributed by atoms with van der Waals surface area (Å²) in [6.07, 6.45) is 13.9. The number of amides is 1. The van der Waals surface area contributed by atoms with E-state index in [4.69, 9.17) is 4.74 Å². The van der Waals surface area contributed by atoms with Crippen molar-refractivity contribution in [3.8, 4) is 0 Å². The fraction of sp³-hybridized carbons (Fsp3) is 0.875. The Morgan fingerprint density at radius 3 is 1.94 bits per heavy atom. The number of aliphatic hydroxyl groups excluding tert-OH is 4. The first-order valence-corrected chi connectivity index (χ1v) is 12.3. The topological polar surface area (TPSA) is 119 Å². The van der Waals surface area contributed by atoms with Gasteiger partial charge in [0.05, 0.1) is 6.61 Å². The standard InChI is InChI=1S/C24H45NO6/c1-2-3-4-5-6-7-8-9-10-11-12-13-14-15-16-17-20(27)25-24-23(30)22(29)21(28)19(18-26)31-24/h12-13,19,21-24,26,28-30H,2-11,14-18H2,1H3,(H,25,27)/b13-12-/t19?,21-,22-,23?,24+/m0/s1. The van der Waals surface area contributed by atoms with Gasteiger partial charge in [-0.3, -0.25) is 4.79 Å². The molecule has 5 N–H and O–H groups in total. The fourth-order valence-corrected chi connectivity index (χ4v) is 3.81. The molecule has 1 aliphatic heterocycles. The molecule has 7 nitrogen and oxygen atoms in total. The largest absolute Gasteiger partial charge is 0.394 e. The molecule has 0 bridgehead atoms. The molecule has 7 heteroatoms. The maximum atomic E-state index is 12.0. The Morgan fingerprint density at radius 1 is 0.806 bits per heavy atom. The summed E-state index contributed by atoms with van der Waals surface area (Å²) < 4.78 is 5.28. The summed E-state index contributed by atoms with van der Waals surface area (Å²) in [6.45, 7) is 1.74. The van der Waals surface area contributed by atoms with Gasteiger partial charge in [-0.25, -0.2) is 0 Å². The lowest BCUT2D eigenvalue weighted by molar-refractivity contribution is -0.236. The highest BCUT2D eigenvalue weighted by Crippen LogP contribution is 2.20. The minimum absolute atomic E-state index is 0.289. The van der Waals surface area contributed by atoms with Gasteiger partial charge in [0, 0.05) is 6.42 Å². The van der Waals surface area contributed by atoms with Crippen molar-refractivity contribution in [2.24, 2.45) is 0 Å². The lowest BCUT2D eigenvalue weighted by Gasteiger charge is -2.40. The van der Waals surface area contributed by atoms with E-state index in [0.717, 1.165) is 19.3 Å². The molecule has 0 aliphatic carbocycles. The number of ether oxygens (including phenoxy) is 1. The fourth-order valence-electron chi connectivity index (χ4n) is 3.81. The van der Waals surface area contributed by atoms with Crippen molar-refractivity contribution in [3.05, 3.63) is 12.2 Å². The molecule has 0 aromatic carbocycles. The van der Waals surface area contributed by atoms with Crippen LogP contribution in [0.4, 0.5) is 0 Å². The first-order valence-electron chi connectivity index (χ1n) is 12.3. The van der Waals surface area contributed by atoms with Gasteiger partial charge in [-0.1, -0.05) is 70.4 Å². The van der Waals surface area contributed by atoms with E-state index in [1.165, 1.54) is 57.8 Å². The van der Waals surface area contributed by atoms with Crippen LogP contribution in [0.1, 0.15) is 96.8 Å². The molecule has 0 radical (unpaired) electrons. The van der Waals surface area contributed by atoms with Crippen LogP contribution >= 0.6 is 0 Å². The molecule has 1 amide bonds. The van der Waals surface area contributed by atoms with Crippen LogP contribution in [0.2, 0.25) is 0 Å². The molecular formula is C24H45NO6. The number of aliphatic hydroxyl groups is 4. The van der Waals surface area contributed by atoms with Crippen LogP contribution < -0.4 is 5.32 Å². The van der Waals surface area contributed by atoms with Crippen molar-refractivity contribution in [1.82, 2.24) is 5.32 Å². The van der Waals surface area contributed by atoms with E-state index in [9.17, 15) is 25.2 Å². The van der Waals surface area contributed by atoms with Gasteiger partial charge in [0.15, 0.2) is 6.23 Å². The molecule has 1 fully saturated rings. The lowest BCUT2D eigenvalue weighted by atomic mass is 9.98. The van der Waals surface area contributed by atoms with Crippen LogP contribution in [0.25, 0.3) is 0 Å². The van der Waals surface area contributed by atoms with Crippen LogP contribution in [0.15, 0.2) is 12.2 Å². The lowest BCUT2D eigenvalue weighted by Crippen LogP contribution is -2.63. The molecule has 0 aromatic heterocycles. The summed E-state index contributed by atoms with van der Waals surface area (Å²) >= 11 is 0. The van der Waals surface area contributed by atoms with Gasteiger partial charge < -0.3 is 30.5 Å². The second-order valence-electron chi connectivity index (χ2n) is 8.65. The molecule has 1 aliphatic rings. The monoisotopic (exact) mass is 443 g/mol. The number of allylic oxidation sites excluding steroid dienone is 2. The molecule has 5 atom stereocenters. The maximum absolute atomic E-state index is 12.0. The van der Waals surface area contributed by atoms with Crippen molar-refractivity contribution < 1.29 is 30.0 Å². The van der Waals surface area contributed by atoms with Crippen molar-refractivity contribution in [2.75, 3.05) is 6.61 Å². The van der Waals surface area contributed by atoms with Crippen LogP contribution in [-0.4, -0.2) is 63.6 Å². The van der Waals surface area contributed by atoms with Gasteiger partial charge >= 0.3 is 0 Å². The van der Waals surface area contributed by atoms with Crippen molar-refractivity contribution in [3.63, 3.8) is 0 Å². The Labute approximate surface area is 187 Å². The Morgan fingerprint density at radius 2 is 1.35 bits per heavy atom. The van der Waals surface area contributed by atoms with Crippen LogP contribution in [-0.2, 0) is 9.53 Å². The third kappa shape index (κ3) is 12.0. The quantitative estimate of drug-likeness (QED) is 0.174. The number of nitrogens with one attached hydrogen (secondary N) is 1. The number of unbranched alkanes of at least 4 members (excludes halogenated alkanes) is 11. The van der Waals surface area contributed by atoms with Gasteiger partial charge in [0.25, 0.3) is 0 Å². The first-order chi connectivity index (χ1) is 15.0. The highest BCUT2D eigenvalue weighted by molar-refractivity contribution is 5.76. The number of carbonyl (C=O) groups excluding carboxylic acids is 1. The van der Waals surface area contributed by atoms with E-state index in [0.29, 0.717) is 12.8 Å². The number of carbonyl (C=O) groups is 1. The minimum Gasteiger partial charge on any atom is -0.394 e. The first kappa shape index (κ1) is 28.0. The molecule has 0 spiro atoms. The second kappa shape index (κ2) is 17.6. The zero-order valence-corrected chi connectivity index (χ0v) is 19.3. The minimum atomic E-state index is -1.48. The molecule has 1 saturated heterocycles. The molecule has 31 heavy (non-hydrogen) atoms. The molecule has 1 rings (SSSR count). The summed E-state index contributed by atoms with van der Waals surface area (Å²) in [5.41, 5.74) is 0. The van der Waals surface area contributed by atoms with Crippen LogP contribution in [0.3, 0.4) is 0 Å². The second-order valence-corrected chi connectivity index (χ2v) is 8.65. The predicted molar refractivity (Wildman–Crippen MR) is 121 cm³/mol. The third-order valence-corrected chi connectivity index (χ3v) is 5.86. The predicted octanol–water partition coefficient (Wildman–Crippen LogP) is 2.94. The van der Waals surface area contributed by atoms with Crippen LogP contribution in [0, 0.1) is 0 Å². The van der Waals surface area contributed by atoms with E-state index >= 15 is 0 Å². The Hall–Kier alpha value is -0.990. The number of hydrogen-bond acceptors (Lipinski definition) is 6. The van der Waals surface area contributed by atoms with Gasteiger partial charge in [-0.05, 0) is 32.1 Å². The highest BCUT2D eigenvalue weighted by atomic mass is 16.6. The van der Waals surface area contributed by atoms with E-state index in [1.807, 2.05) is 0 Å². The molecular weight excluding hydrogens is 398 g/mol. The van der Waals surface area contributed by atoms with Gasteiger partial charge in [-0.2, -0.15) is 0 Å².